The van der Waals surface area contributed by atoms with Crippen LogP contribution in [0.2, 0.25) is 0 Å². The Morgan fingerprint density at radius 2 is 1.75 bits per heavy atom. The summed E-state index contributed by atoms with van der Waals surface area (Å²) in [4.78, 5) is 9.14. The minimum absolute atomic E-state index is 0.634. The molecule has 2 aromatic heterocycles. The Morgan fingerprint density at radius 1 is 0.958 bits per heavy atom. The molecule has 0 N–H and O–H groups in total. The number of pyridine rings is 1. The molecule has 0 aliphatic carbocycles. The Bertz CT molecular complexity index is 976. The molecular weight excluding hydrogens is 298 g/mol. The van der Waals surface area contributed by atoms with Crippen LogP contribution in [-0.4, -0.2) is 21.1 Å². The molecule has 4 aromatic rings. The number of aromatic nitrogens is 3. The zero-order valence-electron chi connectivity index (χ0n) is 13.6. The van der Waals surface area contributed by atoms with Crippen LogP contribution in [0.4, 0.5) is 0 Å². The monoisotopic (exact) mass is 317 g/mol. The highest BCUT2D eigenvalue weighted by Gasteiger charge is 2.11. The normalized spacial score (nSPS) is 11.4. The van der Waals surface area contributed by atoms with E-state index in [0.29, 0.717) is 13.2 Å². The van der Waals surface area contributed by atoms with Gasteiger partial charge in [0.25, 0.3) is 0 Å². The molecule has 0 fully saturated rings. The fourth-order valence-corrected chi connectivity index (χ4v) is 3.07. The summed E-state index contributed by atoms with van der Waals surface area (Å²) in [5, 5.41) is 1.14. The fourth-order valence-electron chi connectivity index (χ4n) is 3.07. The van der Waals surface area contributed by atoms with E-state index in [1.807, 2.05) is 49.5 Å². The van der Waals surface area contributed by atoms with Gasteiger partial charge in [-0.3, -0.25) is 4.98 Å². The van der Waals surface area contributed by atoms with E-state index in [4.69, 9.17) is 4.74 Å². The maximum atomic E-state index is 5.84. The number of hydrogen-bond acceptors (Lipinski definition) is 3. The molecule has 24 heavy (non-hydrogen) atoms. The second-order valence-corrected chi connectivity index (χ2v) is 5.86. The number of aryl methyl sites for hydroxylation is 1. The van der Waals surface area contributed by atoms with Gasteiger partial charge < -0.3 is 9.30 Å². The Hall–Kier alpha value is -2.72. The molecule has 0 saturated carbocycles. The van der Waals surface area contributed by atoms with Gasteiger partial charge in [0, 0.05) is 11.9 Å². The van der Waals surface area contributed by atoms with Crippen LogP contribution >= 0.6 is 0 Å². The quantitative estimate of drug-likeness (QED) is 0.520. The van der Waals surface area contributed by atoms with Gasteiger partial charge in [-0.25, -0.2) is 4.98 Å². The zero-order chi connectivity index (χ0) is 16.4. The Balaban J connectivity index is 1.57. The van der Waals surface area contributed by atoms with Crippen molar-refractivity contribution in [1.29, 1.82) is 0 Å². The van der Waals surface area contributed by atoms with Gasteiger partial charge >= 0.3 is 0 Å². The smallest absolute Gasteiger partial charge is 0.108 e. The van der Waals surface area contributed by atoms with E-state index in [-0.39, 0.29) is 0 Å². The van der Waals surface area contributed by atoms with Gasteiger partial charge in [-0.05, 0) is 18.6 Å². The summed E-state index contributed by atoms with van der Waals surface area (Å²) in [6.45, 7) is 4.10. The van der Waals surface area contributed by atoms with E-state index in [1.165, 1.54) is 5.56 Å². The first kappa shape index (κ1) is 14.8. The minimum atomic E-state index is 0.634. The molecule has 0 radical (unpaired) electrons. The molecule has 4 heteroatoms. The Kier molecular flexibility index (Phi) is 3.97. The van der Waals surface area contributed by atoms with E-state index in [1.54, 1.807) is 0 Å². The third kappa shape index (κ3) is 2.76. The van der Waals surface area contributed by atoms with Crippen molar-refractivity contribution in [3.8, 4) is 0 Å². The summed E-state index contributed by atoms with van der Waals surface area (Å²) in [7, 11) is 0. The van der Waals surface area contributed by atoms with Gasteiger partial charge in [0.2, 0.25) is 0 Å². The van der Waals surface area contributed by atoms with E-state index in [2.05, 4.69) is 32.7 Å². The average Bonchev–Trinajstić information content (AvgIpc) is 2.95. The molecule has 0 bridgehead atoms. The Labute approximate surface area is 140 Å². The van der Waals surface area contributed by atoms with E-state index in [0.717, 1.165) is 34.3 Å². The van der Waals surface area contributed by atoms with Gasteiger partial charge in [-0.2, -0.15) is 0 Å². The van der Waals surface area contributed by atoms with Crippen molar-refractivity contribution in [2.75, 3.05) is 6.61 Å². The van der Waals surface area contributed by atoms with Crippen LogP contribution in [0.1, 0.15) is 11.4 Å². The SMILES string of the molecule is Cc1nc2cnc3ccccc3c2n1CCOCc1ccccc1. The zero-order valence-corrected chi connectivity index (χ0v) is 13.6. The van der Waals surface area contributed by atoms with Crippen molar-refractivity contribution in [2.45, 2.75) is 20.1 Å². The highest BCUT2D eigenvalue weighted by Crippen LogP contribution is 2.24. The number of hydrogen-bond donors (Lipinski definition) is 0. The van der Waals surface area contributed by atoms with Crippen molar-refractivity contribution < 1.29 is 4.74 Å². The first-order chi connectivity index (χ1) is 11.8. The second kappa shape index (κ2) is 6.42. The molecule has 2 aromatic carbocycles. The van der Waals surface area contributed by atoms with E-state index < -0.39 is 0 Å². The average molecular weight is 317 g/mol. The third-order valence-corrected chi connectivity index (χ3v) is 4.24. The molecule has 0 atom stereocenters. The molecule has 0 aliphatic heterocycles. The van der Waals surface area contributed by atoms with Gasteiger partial charge in [0.05, 0.1) is 30.4 Å². The maximum Gasteiger partial charge on any atom is 0.108 e. The lowest BCUT2D eigenvalue weighted by atomic mass is 10.2. The second-order valence-electron chi connectivity index (χ2n) is 5.86. The van der Waals surface area contributed by atoms with Gasteiger partial charge in [-0.1, -0.05) is 48.5 Å². The van der Waals surface area contributed by atoms with Gasteiger partial charge in [0.1, 0.15) is 11.3 Å². The summed E-state index contributed by atoms with van der Waals surface area (Å²) in [6.07, 6.45) is 1.85. The van der Waals surface area contributed by atoms with Crippen molar-refractivity contribution in [3.05, 3.63) is 72.2 Å². The first-order valence-corrected chi connectivity index (χ1v) is 8.15. The number of imidazole rings is 1. The first-order valence-electron chi connectivity index (χ1n) is 8.15. The van der Waals surface area contributed by atoms with E-state index >= 15 is 0 Å². The van der Waals surface area contributed by atoms with Crippen LogP contribution in [0.5, 0.6) is 0 Å². The lowest BCUT2D eigenvalue weighted by Gasteiger charge is -2.09. The number of nitrogens with zero attached hydrogens (tertiary/aromatic N) is 3. The lowest BCUT2D eigenvalue weighted by Crippen LogP contribution is -2.08. The Morgan fingerprint density at radius 3 is 2.62 bits per heavy atom. The van der Waals surface area contributed by atoms with Crippen molar-refractivity contribution >= 4 is 21.9 Å². The molecule has 4 nitrogen and oxygen atoms in total. The summed E-state index contributed by atoms with van der Waals surface area (Å²) >= 11 is 0. The lowest BCUT2D eigenvalue weighted by molar-refractivity contribution is 0.113. The molecular formula is C20H19N3O. The number of fused-ring (bicyclic) bond motifs is 3. The molecule has 4 rings (SSSR count). The van der Waals surface area contributed by atoms with Crippen LogP contribution in [-0.2, 0) is 17.9 Å². The van der Waals surface area contributed by atoms with Crippen molar-refractivity contribution in [1.82, 2.24) is 14.5 Å². The summed E-state index contributed by atoms with van der Waals surface area (Å²) < 4.78 is 8.07. The van der Waals surface area contributed by atoms with Crippen molar-refractivity contribution in [3.63, 3.8) is 0 Å². The predicted octanol–water partition coefficient (Wildman–Crippen LogP) is 4.11. The van der Waals surface area contributed by atoms with Crippen LogP contribution in [0, 0.1) is 6.92 Å². The predicted molar refractivity (Wildman–Crippen MR) is 95.9 cm³/mol. The number of benzene rings is 2. The van der Waals surface area contributed by atoms with E-state index in [9.17, 15) is 0 Å². The summed E-state index contributed by atoms with van der Waals surface area (Å²) in [5.41, 5.74) is 4.27. The standard InChI is InChI=1S/C20H19N3O/c1-15-22-19-13-21-18-10-6-5-9-17(18)20(19)23(15)11-12-24-14-16-7-3-2-4-8-16/h2-10,13H,11-12,14H2,1H3. The number of para-hydroxylation sites is 1. The van der Waals surface area contributed by atoms with Gasteiger partial charge in [0.15, 0.2) is 0 Å². The largest absolute Gasteiger partial charge is 0.375 e. The van der Waals surface area contributed by atoms with Crippen LogP contribution in [0.15, 0.2) is 60.8 Å². The molecule has 0 saturated heterocycles. The summed E-state index contributed by atoms with van der Waals surface area (Å²) in [6, 6.07) is 18.4. The fraction of sp³-hybridized carbons (Fsp3) is 0.200. The topological polar surface area (TPSA) is 39.9 Å². The molecule has 120 valence electrons. The van der Waals surface area contributed by atoms with Crippen LogP contribution in [0.25, 0.3) is 21.9 Å². The highest BCUT2D eigenvalue weighted by atomic mass is 16.5. The maximum absolute atomic E-state index is 5.84. The summed E-state index contributed by atoms with van der Waals surface area (Å²) in [5.74, 6) is 0.992. The molecule has 0 spiro atoms. The van der Waals surface area contributed by atoms with Crippen LogP contribution in [0.3, 0.4) is 0 Å². The minimum Gasteiger partial charge on any atom is -0.375 e. The molecule has 2 heterocycles. The number of rotatable bonds is 5. The molecule has 0 amide bonds. The number of ether oxygens (including phenoxy) is 1. The van der Waals surface area contributed by atoms with Crippen molar-refractivity contribution in [2.24, 2.45) is 0 Å². The molecule has 0 unspecified atom stereocenters. The highest BCUT2D eigenvalue weighted by molar-refractivity contribution is 6.02. The van der Waals surface area contributed by atoms with Crippen LogP contribution < -0.4 is 0 Å². The molecule has 0 aliphatic rings. The third-order valence-electron chi connectivity index (χ3n) is 4.24. The van der Waals surface area contributed by atoms with Gasteiger partial charge in [-0.15, -0.1) is 0 Å².